The van der Waals surface area contributed by atoms with Crippen molar-refractivity contribution in [1.82, 2.24) is 9.80 Å². The van der Waals surface area contributed by atoms with Crippen LogP contribution in [0, 0.1) is 0 Å². The van der Waals surface area contributed by atoms with Crippen molar-refractivity contribution in [3.63, 3.8) is 0 Å². The van der Waals surface area contributed by atoms with E-state index < -0.39 is 31.3 Å². The molecule has 1 aliphatic rings. The zero-order valence-electron chi connectivity index (χ0n) is 11.0. The summed E-state index contributed by atoms with van der Waals surface area (Å²) in [5.74, 6) is -1.48. The Labute approximate surface area is 114 Å². The first-order valence-electron chi connectivity index (χ1n) is 6.16. The number of aliphatic carboxylic acids is 1. The minimum Gasteiger partial charge on any atom is -0.480 e. The predicted octanol–water partition coefficient (Wildman–Crippen LogP) is 1.17. The highest BCUT2D eigenvalue weighted by Gasteiger charge is 2.37. The summed E-state index contributed by atoms with van der Waals surface area (Å²) in [6.07, 6.45) is -4.11. The molecule has 0 aliphatic carbocycles. The number of morpholine rings is 1. The summed E-state index contributed by atoms with van der Waals surface area (Å²) in [6.45, 7) is -0.140. The Balaban J connectivity index is 2.82. The van der Waals surface area contributed by atoms with Crippen LogP contribution in [0.2, 0.25) is 0 Å². The minimum absolute atomic E-state index is 0.158. The molecule has 0 bridgehead atoms. The number of carboxylic acids is 1. The molecule has 1 saturated heterocycles. The van der Waals surface area contributed by atoms with E-state index in [1.807, 2.05) is 0 Å². The fraction of sp³-hybridized carbons (Fsp3) is 0.818. The summed E-state index contributed by atoms with van der Waals surface area (Å²) < 4.78 is 42.5. The van der Waals surface area contributed by atoms with Crippen molar-refractivity contribution in [2.45, 2.75) is 25.6 Å². The SMILES string of the molecule is CCC1COCCN1C(=O)N(CC(=O)O)CC(F)(F)F. The van der Waals surface area contributed by atoms with Crippen LogP contribution in [-0.2, 0) is 9.53 Å². The van der Waals surface area contributed by atoms with Gasteiger partial charge in [-0.05, 0) is 6.42 Å². The lowest BCUT2D eigenvalue weighted by Gasteiger charge is -2.38. The van der Waals surface area contributed by atoms with Crippen LogP contribution in [0.15, 0.2) is 0 Å². The van der Waals surface area contributed by atoms with Gasteiger partial charge in [-0.25, -0.2) is 4.79 Å². The van der Waals surface area contributed by atoms with Crippen LogP contribution < -0.4 is 0 Å². The summed E-state index contributed by atoms with van der Waals surface area (Å²) in [5, 5.41) is 8.65. The zero-order valence-corrected chi connectivity index (χ0v) is 11.0. The van der Waals surface area contributed by atoms with Gasteiger partial charge in [0.2, 0.25) is 0 Å². The number of alkyl halides is 3. The molecular formula is C11H17F3N2O4. The first kappa shape index (κ1) is 16.5. The Bertz CT molecular complexity index is 362. The molecular weight excluding hydrogens is 281 g/mol. The largest absolute Gasteiger partial charge is 0.480 e. The van der Waals surface area contributed by atoms with E-state index in [4.69, 9.17) is 9.84 Å². The first-order chi connectivity index (χ1) is 9.24. The van der Waals surface area contributed by atoms with Crippen LogP contribution in [0.1, 0.15) is 13.3 Å². The third-order valence-electron chi connectivity index (χ3n) is 2.91. The monoisotopic (exact) mass is 298 g/mol. The standard InChI is InChI=1S/C11H17F3N2O4/c1-2-8-6-20-4-3-16(8)10(19)15(5-9(17)18)7-11(12,13)14/h8H,2-7H2,1H3,(H,17,18). The molecule has 2 amide bonds. The van der Waals surface area contributed by atoms with Gasteiger partial charge in [-0.3, -0.25) is 4.79 Å². The number of nitrogens with zero attached hydrogens (tertiary/aromatic N) is 2. The van der Waals surface area contributed by atoms with Crippen molar-refractivity contribution in [2.24, 2.45) is 0 Å². The molecule has 1 unspecified atom stereocenters. The molecule has 1 heterocycles. The maximum Gasteiger partial charge on any atom is 0.406 e. The van der Waals surface area contributed by atoms with Gasteiger partial charge in [-0.15, -0.1) is 0 Å². The number of carbonyl (C=O) groups is 2. The van der Waals surface area contributed by atoms with Crippen LogP contribution in [0.3, 0.4) is 0 Å². The van der Waals surface area contributed by atoms with E-state index in [9.17, 15) is 22.8 Å². The quantitative estimate of drug-likeness (QED) is 0.845. The molecule has 9 heteroatoms. The molecule has 0 aromatic rings. The summed E-state index contributed by atoms with van der Waals surface area (Å²) >= 11 is 0. The van der Waals surface area contributed by atoms with Crippen molar-refractivity contribution in [3.05, 3.63) is 0 Å². The Kier molecular flexibility index (Phi) is 5.61. The lowest BCUT2D eigenvalue weighted by molar-refractivity contribution is -0.150. The molecule has 0 spiro atoms. The highest BCUT2D eigenvalue weighted by Crippen LogP contribution is 2.19. The van der Waals surface area contributed by atoms with Gasteiger partial charge in [-0.2, -0.15) is 13.2 Å². The van der Waals surface area contributed by atoms with Crippen LogP contribution >= 0.6 is 0 Å². The Hall–Kier alpha value is -1.51. The third-order valence-corrected chi connectivity index (χ3v) is 2.91. The highest BCUT2D eigenvalue weighted by atomic mass is 19.4. The van der Waals surface area contributed by atoms with Gasteiger partial charge in [0.1, 0.15) is 13.1 Å². The molecule has 1 atom stereocenters. The molecule has 20 heavy (non-hydrogen) atoms. The summed E-state index contributed by atoms with van der Waals surface area (Å²) in [4.78, 5) is 24.3. The van der Waals surface area contributed by atoms with E-state index >= 15 is 0 Å². The third kappa shape index (κ3) is 4.87. The number of rotatable bonds is 4. The van der Waals surface area contributed by atoms with Gasteiger partial charge in [0.15, 0.2) is 0 Å². The van der Waals surface area contributed by atoms with Gasteiger partial charge in [0.25, 0.3) is 0 Å². The Morgan fingerprint density at radius 1 is 1.45 bits per heavy atom. The number of urea groups is 1. The van der Waals surface area contributed by atoms with Crippen molar-refractivity contribution in [1.29, 1.82) is 0 Å². The number of carboxylic acid groups (broad SMARTS) is 1. The second-order valence-corrected chi connectivity index (χ2v) is 4.48. The van der Waals surface area contributed by atoms with E-state index in [-0.39, 0.29) is 25.8 Å². The summed E-state index contributed by atoms with van der Waals surface area (Å²) in [6, 6.07) is -1.25. The molecule has 0 aromatic carbocycles. The number of carbonyl (C=O) groups excluding carboxylic acids is 1. The summed E-state index contributed by atoms with van der Waals surface area (Å²) in [5.41, 5.74) is 0. The average molecular weight is 298 g/mol. The zero-order chi connectivity index (χ0) is 15.3. The van der Waals surface area contributed by atoms with Gasteiger partial charge in [-0.1, -0.05) is 6.92 Å². The molecule has 1 N–H and O–H groups in total. The van der Waals surface area contributed by atoms with E-state index in [2.05, 4.69) is 0 Å². The van der Waals surface area contributed by atoms with Crippen LogP contribution in [0.5, 0.6) is 0 Å². The van der Waals surface area contributed by atoms with Gasteiger partial charge >= 0.3 is 18.2 Å². The fourth-order valence-corrected chi connectivity index (χ4v) is 2.00. The molecule has 1 rings (SSSR count). The minimum atomic E-state index is -4.64. The Morgan fingerprint density at radius 3 is 2.60 bits per heavy atom. The van der Waals surface area contributed by atoms with Crippen molar-refractivity contribution < 1.29 is 32.6 Å². The number of halogens is 3. The lowest BCUT2D eigenvalue weighted by atomic mass is 10.2. The maximum atomic E-state index is 12.4. The molecule has 116 valence electrons. The normalized spacial score (nSPS) is 19.8. The molecule has 0 saturated carbocycles. The molecule has 6 nitrogen and oxygen atoms in total. The lowest BCUT2D eigenvalue weighted by Crippen LogP contribution is -2.55. The molecule has 0 aromatic heterocycles. The van der Waals surface area contributed by atoms with E-state index in [0.717, 1.165) is 0 Å². The molecule has 1 aliphatic heterocycles. The van der Waals surface area contributed by atoms with Crippen molar-refractivity contribution in [2.75, 3.05) is 32.8 Å². The average Bonchev–Trinajstić information content (AvgIpc) is 2.35. The smallest absolute Gasteiger partial charge is 0.406 e. The van der Waals surface area contributed by atoms with E-state index in [1.54, 1.807) is 6.92 Å². The predicted molar refractivity (Wildman–Crippen MR) is 62.3 cm³/mol. The Morgan fingerprint density at radius 2 is 2.10 bits per heavy atom. The van der Waals surface area contributed by atoms with E-state index in [1.165, 1.54) is 4.90 Å². The first-order valence-corrected chi connectivity index (χ1v) is 6.16. The fourth-order valence-electron chi connectivity index (χ4n) is 2.00. The number of hydrogen-bond donors (Lipinski definition) is 1. The van der Waals surface area contributed by atoms with Gasteiger partial charge < -0.3 is 19.6 Å². The van der Waals surface area contributed by atoms with Gasteiger partial charge in [0, 0.05) is 6.54 Å². The number of amides is 2. The van der Waals surface area contributed by atoms with Crippen molar-refractivity contribution >= 4 is 12.0 Å². The van der Waals surface area contributed by atoms with Gasteiger partial charge in [0.05, 0.1) is 19.3 Å². The van der Waals surface area contributed by atoms with Crippen LogP contribution in [0.25, 0.3) is 0 Å². The topological polar surface area (TPSA) is 70.1 Å². The number of hydrogen-bond acceptors (Lipinski definition) is 3. The number of ether oxygens (including phenoxy) is 1. The van der Waals surface area contributed by atoms with Crippen LogP contribution in [0.4, 0.5) is 18.0 Å². The molecule has 1 fully saturated rings. The summed E-state index contributed by atoms with van der Waals surface area (Å²) in [7, 11) is 0. The highest BCUT2D eigenvalue weighted by molar-refractivity contribution is 5.80. The maximum absolute atomic E-state index is 12.4. The van der Waals surface area contributed by atoms with Crippen LogP contribution in [-0.4, -0.2) is 72.0 Å². The van der Waals surface area contributed by atoms with E-state index in [0.29, 0.717) is 11.3 Å². The second-order valence-electron chi connectivity index (χ2n) is 4.48. The molecule has 0 radical (unpaired) electrons. The van der Waals surface area contributed by atoms with Crippen molar-refractivity contribution in [3.8, 4) is 0 Å². The second kappa shape index (κ2) is 6.78.